The summed E-state index contributed by atoms with van der Waals surface area (Å²) in [5, 5.41) is 9.93. The maximum Gasteiger partial charge on any atom is 0.124 e. The fourth-order valence-corrected chi connectivity index (χ4v) is 2.26. The third-order valence-electron chi connectivity index (χ3n) is 3.37. The van der Waals surface area contributed by atoms with Gasteiger partial charge in [-0.3, -0.25) is 0 Å². The molecule has 0 bridgehead atoms. The number of benzene rings is 1. The highest BCUT2D eigenvalue weighted by Crippen LogP contribution is 2.34. The molecule has 1 fully saturated rings. The molecule has 0 amide bonds. The third kappa shape index (κ3) is 2.70. The largest absolute Gasteiger partial charge is 0.507 e. The zero-order chi connectivity index (χ0) is 12.3. The third-order valence-corrected chi connectivity index (χ3v) is 3.37. The van der Waals surface area contributed by atoms with Gasteiger partial charge < -0.3 is 20.3 Å². The Morgan fingerprint density at radius 1 is 1.41 bits per heavy atom. The SMILES string of the molecule is COc1ccc([C@@H](N)C2CCOCC2)c(O)c1. The molecule has 0 spiro atoms. The van der Waals surface area contributed by atoms with Gasteiger partial charge in [0.2, 0.25) is 0 Å². The number of nitrogens with two attached hydrogens (primary N) is 1. The van der Waals surface area contributed by atoms with Crippen LogP contribution >= 0.6 is 0 Å². The number of aromatic hydroxyl groups is 1. The average Bonchev–Trinajstić information content (AvgIpc) is 2.39. The van der Waals surface area contributed by atoms with E-state index in [4.69, 9.17) is 15.2 Å². The fourth-order valence-electron chi connectivity index (χ4n) is 2.26. The van der Waals surface area contributed by atoms with Crippen molar-refractivity contribution in [2.24, 2.45) is 11.7 Å². The summed E-state index contributed by atoms with van der Waals surface area (Å²) < 4.78 is 10.4. The van der Waals surface area contributed by atoms with Gasteiger partial charge in [0.1, 0.15) is 11.5 Å². The van der Waals surface area contributed by atoms with Gasteiger partial charge in [-0.25, -0.2) is 0 Å². The normalized spacial score (nSPS) is 18.9. The van der Waals surface area contributed by atoms with Crippen molar-refractivity contribution in [3.05, 3.63) is 23.8 Å². The van der Waals surface area contributed by atoms with Gasteiger partial charge in [0, 0.05) is 30.9 Å². The molecule has 4 nitrogen and oxygen atoms in total. The molecule has 0 saturated carbocycles. The highest BCUT2D eigenvalue weighted by Gasteiger charge is 2.24. The number of hydrogen-bond donors (Lipinski definition) is 2. The molecule has 2 rings (SSSR count). The highest BCUT2D eigenvalue weighted by molar-refractivity contribution is 5.41. The molecule has 1 saturated heterocycles. The smallest absolute Gasteiger partial charge is 0.124 e. The van der Waals surface area contributed by atoms with Gasteiger partial charge in [-0.1, -0.05) is 6.07 Å². The van der Waals surface area contributed by atoms with Gasteiger partial charge in [-0.15, -0.1) is 0 Å². The van der Waals surface area contributed by atoms with E-state index in [1.165, 1.54) is 0 Å². The molecule has 0 radical (unpaired) electrons. The zero-order valence-corrected chi connectivity index (χ0v) is 10.1. The minimum atomic E-state index is -0.134. The van der Waals surface area contributed by atoms with E-state index in [9.17, 15) is 5.11 Å². The zero-order valence-electron chi connectivity index (χ0n) is 10.1. The second kappa shape index (κ2) is 5.38. The van der Waals surface area contributed by atoms with Gasteiger partial charge in [-0.05, 0) is 24.8 Å². The Kier molecular flexibility index (Phi) is 3.86. The Morgan fingerprint density at radius 2 is 2.12 bits per heavy atom. The first-order chi connectivity index (χ1) is 8.22. The molecular weight excluding hydrogens is 218 g/mol. The second-order valence-electron chi connectivity index (χ2n) is 4.40. The van der Waals surface area contributed by atoms with E-state index in [1.54, 1.807) is 13.2 Å². The standard InChI is InChI=1S/C13H19NO3/c1-16-10-2-3-11(12(15)8-10)13(14)9-4-6-17-7-5-9/h2-3,8-9,13,15H,4-7,14H2,1H3/t13-/m0/s1. The Labute approximate surface area is 101 Å². The number of ether oxygens (including phenoxy) is 2. The van der Waals surface area contributed by atoms with Crippen LogP contribution in [-0.2, 0) is 4.74 Å². The van der Waals surface area contributed by atoms with Gasteiger partial charge in [0.25, 0.3) is 0 Å². The van der Waals surface area contributed by atoms with Crippen molar-refractivity contribution in [3.8, 4) is 11.5 Å². The van der Waals surface area contributed by atoms with Crippen molar-refractivity contribution in [1.82, 2.24) is 0 Å². The minimum Gasteiger partial charge on any atom is -0.507 e. The lowest BCUT2D eigenvalue weighted by Crippen LogP contribution is -2.27. The number of rotatable bonds is 3. The first-order valence-corrected chi connectivity index (χ1v) is 5.92. The summed E-state index contributed by atoms with van der Waals surface area (Å²) in [4.78, 5) is 0. The van der Waals surface area contributed by atoms with Crippen LogP contribution in [0.2, 0.25) is 0 Å². The quantitative estimate of drug-likeness (QED) is 0.841. The van der Waals surface area contributed by atoms with E-state index in [2.05, 4.69) is 0 Å². The first-order valence-electron chi connectivity index (χ1n) is 5.92. The van der Waals surface area contributed by atoms with Crippen LogP contribution in [0.25, 0.3) is 0 Å². The predicted octanol–water partition coefficient (Wildman–Crippen LogP) is 1.83. The second-order valence-corrected chi connectivity index (χ2v) is 4.40. The lowest BCUT2D eigenvalue weighted by atomic mass is 9.87. The molecule has 1 atom stereocenters. The van der Waals surface area contributed by atoms with Crippen LogP contribution in [0.3, 0.4) is 0 Å². The maximum absolute atomic E-state index is 9.93. The summed E-state index contributed by atoms with van der Waals surface area (Å²) >= 11 is 0. The van der Waals surface area contributed by atoms with Crippen molar-refractivity contribution in [1.29, 1.82) is 0 Å². The molecule has 0 aromatic heterocycles. The van der Waals surface area contributed by atoms with Gasteiger partial charge in [-0.2, -0.15) is 0 Å². The topological polar surface area (TPSA) is 64.7 Å². The summed E-state index contributed by atoms with van der Waals surface area (Å²) in [6, 6.07) is 5.14. The molecule has 1 aromatic carbocycles. The molecule has 17 heavy (non-hydrogen) atoms. The molecule has 1 aromatic rings. The monoisotopic (exact) mass is 237 g/mol. The summed E-state index contributed by atoms with van der Waals surface area (Å²) in [7, 11) is 1.58. The van der Waals surface area contributed by atoms with E-state index in [0.717, 1.165) is 31.6 Å². The van der Waals surface area contributed by atoms with Crippen molar-refractivity contribution in [2.75, 3.05) is 20.3 Å². The Balaban J connectivity index is 2.15. The van der Waals surface area contributed by atoms with Crippen molar-refractivity contribution in [2.45, 2.75) is 18.9 Å². The van der Waals surface area contributed by atoms with Crippen LogP contribution in [-0.4, -0.2) is 25.4 Å². The van der Waals surface area contributed by atoms with E-state index >= 15 is 0 Å². The maximum atomic E-state index is 9.93. The molecule has 1 aliphatic heterocycles. The summed E-state index contributed by atoms with van der Waals surface area (Å²) in [5.74, 6) is 1.23. The molecule has 3 N–H and O–H groups in total. The van der Waals surface area contributed by atoms with Gasteiger partial charge in [0.05, 0.1) is 7.11 Å². The number of methoxy groups -OCH3 is 1. The van der Waals surface area contributed by atoms with Crippen LogP contribution < -0.4 is 10.5 Å². The van der Waals surface area contributed by atoms with Crippen LogP contribution in [0.4, 0.5) is 0 Å². The Hall–Kier alpha value is -1.26. The van der Waals surface area contributed by atoms with E-state index in [1.807, 2.05) is 12.1 Å². The van der Waals surface area contributed by atoms with Crippen molar-refractivity contribution >= 4 is 0 Å². The van der Waals surface area contributed by atoms with Crippen LogP contribution in [0.1, 0.15) is 24.4 Å². The Morgan fingerprint density at radius 3 is 2.71 bits per heavy atom. The lowest BCUT2D eigenvalue weighted by Gasteiger charge is -2.28. The Bertz CT molecular complexity index is 375. The van der Waals surface area contributed by atoms with Gasteiger partial charge >= 0.3 is 0 Å². The molecular formula is C13H19NO3. The van der Waals surface area contributed by atoms with Crippen molar-refractivity contribution < 1.29 is 14.6 Å². The minimum absolute atomic E-state index is 0.134. The number of phenols is 1. The summed E-state index contributed by atoms with van der Waals surface area (Å²) in [5.41, 5.74) is 7.00. The molecule has 1 heterocycles. The molecule has 0 unspecified atom stereocenters. The molecule has 1 aliphatic rings. The van der Waals surface area contributed by atoms with E-state index in [-0.39, 0.29) is 11.8 Å². The fraction of sp³-hybridized carbons (Fsp3) is 0.538. The summed E-state index contributed by atoms with van der Waals surface area (Å²) in [6.45, 7) is 1.52. The average molecular weight is 237 g/mol. The van der Waals surface area contributed by atoms with E-state index < -0.39 is 0 Å². The van der Waals surface area contributed by atoms with E-state index in [0.29, 0.717) is 11.7 Å². The molecule has 4 heteroatoms. The summed E-state index contributed by atoms with van der Waals surface area (Å²) in [6.07, 6.45) is 1.90. The van der Waals surface area contributed by atoms with Crippen LogP contribution in [0.5, 0.6) is 11.5 Å². The molecule has 0 aliphatic carbocycles. The van der Waals surface area contributed by atoms with Crippen LogP contribution in [0.15, 0.2) is 18.2 Å². The van der Waals surface area contributed by atoms with Crippen molar-refractivity contribution in [3.63, 3.8) is 0 Å². The van der Waals surface area contributed by atoms with Gasteiger partial charge in [0.15, 0.2) is 0 Å². The number of hydrogen-bond acceptors (Lipinski definition) is 4. The first kappa shape index (κ1) is 12.2. The number of phenolic OH excluding ortho intramolecular Hbond substituents is 1. The predicted molar refractivity (Wildman–Crippen MR) is 65.1 cm³/mol. The molecule has 94 valence electrons. The van der Waals surface area contributed by atoms with Crippen LogP contribution in [0, 0.1) is 5.92 Å². The highest BCUT2D eigenvalue weighted by atomic mass is 16.5. The lowest BCUT2D eigenvalue weighted by molar-refractivity contribution is 0.0581.